The molecule has 0 amide bonds. The minimum atomic E-state index is 0.816. The normalized spacial score (nSPS) is 18.9. The van der Waals surface area contributed by atoms with Gasteiger partial charge in [-0.1, -0.05) is 36.0 Å². The van der Waals surface area contributed by atoms with Crippen molar-refractivity contribution in [3.05, 3.63) is 46.5 Å². The lowest BCUT2D eigenvalue weighted by atomic mass is 10.1. The van der Waals surface area contributed by atoms with Crippen molar-refractivity contribution in [3.63, 3.8) is 0 Å². The topological polar surface area (TPSA) is 15.6 Å². The molecule has 0 bridgehead atoms. The first-order chi connectivity index (χ1) is 7.34. The number of hydrogen-bond acceptors (Lipinski definition) is 3. The molecule has 3 rings (SSSR count). The molecule has 2 aliphatic heterocycles. The summed E-state index contributed by atoms with van der Waals surface area (Å²) in [5.74, 6) is 0. The van der Waals surface area contributed by atoms with Crippen LogP contribution in [0.2, 0.25) is 0 Å². The number of aliphatic imine (C=N–C) groups is 1. The highest BCUT2D eigenvalue weighted by Gasteiger charge is 2.22. The van der Waals surface area contributed by atoms with Gasteiger partial charge < -0.3 is 4.90 Å². The molecule has 2 nitrogen and oxygen atoms in total. The van der Waals surface area contributed by atoms with E-state index in [1.165, 1.54) is 16.8 Å². The molecule has 0 saturated carbocycles. The summed E-state index contributed by atoms with van der Waals surface area (Å²) in [5.41, 5.74) is 4.05. The van der Waals surface area contributed by atoms with E-state index in [9.17, 15) is 0 Å². The van der Waals surface area contributed by atoms with Crippen LogP contribution in [-0.2, 0) is 13.1 Å². The number of thioether (sulfide) groups is 1. The van der Waals surface area contributed by atoms with Gasteiger partial charge in [0.25, 0.3) is 0 Å². The van der Waals surface area contributed by atoms with Gasteiger partial charge in [-0.15, -0.1) is 0 Å². The minimum Gasteiger partial charge on any atom is -0.320 e. The molecule has 0 aromatic heterocycles. The van der Waals surface area contributed by atoms with Crippen LogP contribution >= 0.6 is 11.8 Å². The van der Waals surface area contributed by atoms with Crippen molar-refractivity contribution in [1.82, 2.24) is 4.90 Å². The molecule has 0 aliphatic carbocycles. The third-order valence-corrected chi connectivity index (χ3v) is 3.84. The summed E-state index contributed by atoms with van der Waals surface area (Å²) in [5, 5.41) is 3.32. The molecule has 76 valence electrons. The van der Waals surface area contributed by atoms with Crippen LogP contribution in [0.15, 0.2) is 40.4 Å². The van der Waals surface area contributed by atoms with Crippen LogP contribution in [0.25, 0.3) is 0 Å². The van der Waals surface area contributed by atoms with E-state index in [-0.39, 0.29) is 0 Å². The molecule has 0 radical (unpaired) electrons. The summed E-state index contributed by atoms with van der Waals surface area (Å²) in [7, 11) is 0. The molecular weight excluding hydrogens is 204 g/mol. The first-order valence-electron chi connectivity index (χ1n) is 5.07. The van der Waals surface area contributed by atoms with E-state index in [1.54, 1.807) is 11.8 Å². The highest BCUT2D eigenvalue weighted by atomic mass is 32.2. The first-order valence-corrected chi connectivity index (χ1v) is 5.95. The highest BCUT2D eigenvalue weighted by molar-refractivity contribution is 8.16. The lowest BCUT2D eigenvalue weighted by Crippen LogP contribution is -2.21. The molecule has 0 N–H and O–H groups in total. The number of allylic oxidation sites excluding steroid dienone is 1. The van der Waals surface area contributed by atoms with Crippen LogP contribution < -0.4 is 0 Å². The van der Waals surface area contributed by atoms with Crippen molar-refractivity contribution in [2.75, 3.05) is 0 Å². The van der Waals surface area contributed by atoms with Crippen LogP contribution in [0.1, 0.15) is 18.1 Å². The lowest BCUT2D eigenvalue weighted by Gasteiger charge is -2.18. The third kappa shape index (κ3) is 1.47. The van der Waals surface area contributed by atoms with Gasteiger partial charge in [-0.05, 0) is 23.5 Å². The lowest BCUT2D eigenvalue weighted by molar-refractivity contribution is 0.526. The highest BCUT2D eigenvalue weighted by Crippen LogP contribution is 2.31. The quantitative estimate of drug-likeness (QED) is 0.662. The second-order valence-electron chi connectivity index (χ2n) is 3.83. The van der Waals surface area contributed by atoms with E-state index >= 15 is 0 Å². The van der Waals surface area contributed by atoms with Gasteiger partial charge in [0.2, 0.25) is 0 Å². The maximum Gasteiger partial charge on any atom is 0.168 e. The Labute approximate surface area is 93.7 Å². The largest absolute Gasteiger partial charge is 0.320 e. The Morgan fingerprint density at radius 2 is 2.07 bits per heavy atom. The van der Waals surface area contributed by atoms with E-state index in [0.717, 1.165) is 18.3 Å². The van der Waals surface area contributed by atoms with Gasteiger partial charge in [-0.3, -0.25) is 4.99 Å². The number of amidine groups is 1. The van der Waals surface area contributed by atoms with E-state index < -0.39 is 0 Å². The van der Waals surface area contributed by atoms with E-state index in [1.807, 2.05) is 0 Å². The first kappa shape index (κ1) is 9.04. The number of hydrogen-bond donors (Lipinski definition) is 0. The van der Waals surface area contributed by atoms with Gasteiger partial charge in [0.15, 0.2) is 5.17 Å². The second-order valence-corrected chi connectivity index (χ2v) is 4.67. The monoisotopic (exact) mass is 216 g/mol. The predicted octanol–water partition coefficient (Wildman–Crippen LogP) is 2.97. The molecule has 0 saturated heterocycles. The third-order valence-electron chi connectivity index (χ3n) is 2.82. The maximum absolute atomic E-state index is 4.63. The van der Waals surface area contributed by atoms with Crippen molar-refractivity contribution in [3.8, 4) is 0 Å². The summed E-state index contributed by atoms with van der Waals surface area (Å²) in [4.78, 5) is 6.92. The van der Waals surface area contributed by atoms with Gasteiger partial charge >= 0.3 is 0 Å². The molecule has 1 aromatic rings. The van der Waals surface area contributed by atoms with Gasteiger partial charge in [0.05, 0.1) is 13.1 Å². The van der Waals surface area contributed by atoms with Gasteiger partial charge in [0.1, 0.15) is 0 Å². The molecule has 0 spiro atoms. The van der Waals surface area contributed by atoms with Crippen LogP contribution in [-0.4, -0.2) is 10.1 Å². The molecule has 2 heterocycles. The molecule has 0 atom stereocenters. The number of benzene rings is 1. The summed E-state index contributed by atoms with van der Waals surface area (Å²) in [6, 6.07) is 8.56. The SMILES string of the molecule is CC1=CSC2=NCc3ccccc3CN12. The van der Waals surface area contributed by atoms with Crippen LogP contribution in [0.5, 0.6) is 0 Å². The average molecular weight is 216 g/mol. The zero-order chi connectivity index (χ0) is 10.3. The Bertz CT molecular complexity index is 462. The molecule has 15 heavy (non-hydrogen) atoms. The van der Waals surface area contributed by atoms with Crippen LogP contribution in [0, 0.1) is 0 Å². The summed E-state index contributed by atoms with van der Waals surface area (Å²) in [6.45, 7) is 3.92. The fraction of sp³-hybridized carbons (Fsp3) is 0.250. The Morgan fingerprint density at radius 1 is 1.27 bits per heavy atom. The van der Waals surface area contributed by atoms with Crippen LogP contribution in [0.3, 0.4) is 0 Å². The Balaban J connectivity index is 2.03. The molecular formula is C12H12N2S. The zero-order valence-electron chi connectivity index (χ0n) is 8.60. The number of fused-ring (bicyclic) bond motifs is 2. The van der Waals surface area contributed by atoms with Gasteiger partial charge in [0, 0.05) is 5.70 Å². The Morgan fingerprint density at radius 3 is 2.93 bits per heavy atom. The Hall–Kier alpha value is -1.22. The molecule has 1 aromatic carbocycles. The fourth-order valence-electron chi connectivity index (χ4n) is 1.92. The smallest absolute Gasteiger partial charge is 0.168 e. The van der Waals surface area contributed by atoms with E-state index in [2.05, 4.69) is 46.5 Å². The fourth-order valence-corrected chi connectivity index (χ4v) is 2.80. The van der Waals surface area contributed by atoms with Gasteiger partial charge in [-0.25, -0.2) is 0 Å². The predicted molar refractivity (Wildman–Crippen MR) is 64.5 cm³/mol. The Kier molecular flexibility index (Phi) is 2.06. The summed E-state index contributed by atoms with van der Waals surface area (Å²) >= 11 is 1.73. The number of rotatable bonds is 0. The summed E-state index contributed by atoms with van der Waals surface area (Å²) < 4.78 is 0. The van der Waals surface area contributed by atoms with E-state index in [4.69, 9.17) is 0 Å². The maximum atomic E-state index is 4.63. The number of nitrogens with zero attached hydrogens (tertiary/aromatic N) is 2. The van der Waals surface area contributed by atoms with Crippen molar-refractivity contribution in [1.29, 1.82) is 0 Å². The summed E-state index contributed by atoms with van der Waals surface area (Å²) in [6.07, 6.45) is 0. The van der Waals surface area contributed by atoms with E-state index in [0.29, 0.717) is 0 Å². The van der Waals surface area contributed by atoms with Crippen molar-refractivity contribution >= 4 is 16.9 Å². The minimum absolute atomic E-state index is 0.816. The van der Waals surface area contributed by atoms with Crippen molar-refractivity contribution in [2.45, 2.75) is 20.0 Å². The molecule has 0 unspecified atom stereocenters. The van der Waals surface area contributed by atoms with Gasteiger partial charge in [-0.2, -0.15) is 0 Å². The van der Waals surface area contributed by atoms with Crippen molar-refractivity contribution in [2.24, 2.45) is 4.99 Å². The standard InChI is InChI=1S/C12H12N2S/c1-9-8-15-12-13-6-10-4-2-3-5-11(10)7-14(9)12/h2-5,8H,6-7H2,1H3. The molecule has 3 heteroatoms. The zero-order valence-corrected chi connectivity index (χ0v) is 9.42. The average Bonchev–Trinajstić information content (AvgIpc) is 2.51. The second kappa shape index (κ2) is 3.42. The molecule has 2 aliphatic rings. The van der Waals surface area contributed by atoms with Crippen molar-refractivity contribution < 1.29 is 0 Å². The van der Waals surface area contributed by atoms with Crippen LogP contribution in [0.4, 0.5) is 0 Å². The molecule has 0 fully saturated rings.